The summed E-state index contributed by atoms with van der Waals surface area (Å²) >= 11 is 9.45. The lowest BCUT2D eigenvalue weighted by Crippen LogP contribution is -2.39. The van der Waals surface area contributed by atoms with E-state index < -0.39 is 0 Å². The molecule has 2 rings (SSSR count). The van der Waals surface area contributed by atoms with E-state index in [1.165, 1.54) is 25.6 Å². The van der Waals surface area contributed by atoms with Crippen LogP contribution in [-0.2, 0) is 0 Å². The van der Waals surface area contributed by atoms with Crippen molar-refractivity contribution in [2.24, 2.45) is 5.41 Å². The Bertz CT molecular complexity index is 403. The summed E-state index contributed by atoms with van der Waals surface area (Å²) in [6.07, 6.45) is 5.18. The highest BCUT2D eigenvalue weighted by Crippen LogP contribution is 2.37. The van der Waals surface area contributed by atoms with Crippen LogP contribution in [0.4, 0.5) is 5.82 Å². The molecule has 2 heterocycles. The fourth-order valence-electron chi connectivity index (χ4n) is 2.17. The van der Waals surface area contributed by atoms with Gasteiger partial charge < -0.3 is 4.90 Å². The smallest absolute Gasteiger partial charge is 0.148 e. The molecule has 1 aromatic rings. The minimum Gasteiger partial charge on any atom is -0.355 e. The Morgan fingerprint density at radius 2 is 2.06 bits per heavy atom. The first kappa shape index (κ1) is 13.1. The van der Waals surface area contributed by atoms with Crippen molar-refractivity contribution in [3.8, 4) is 0 Å². The van der Waals surface area contributed by atoms with Gasteiger partial charge in [0, 0.05) is 13.1 Å². The van der Waals surface area contributed by atoms with Crippen LogP contribution in [0.25, 0.3) is 0 Å². The van der Waals surface area contributed by atoms with Crippen molar-refractivity contribution in [2.45, 2.75) is 33.1 Å². The molecule has 1 aliphatic rings. The summed E-state index contributed by atoms with van der Waals surface area (Å²) in [7, 11) is 0. The van der Waals surface area contributed by atoms with E-state index in [1.807, 2.05) is 0 Å². The summed E-state index contributed by atoms with van der Waals surface area (Å²) < 4.78 is 0.807. The van der Waals surface area contributed by atoms with Gasteiger partial charge in [-0.25, -0.2) is 9.97 Å². The van der Waals surface area contributed by atoms with Crippen LogP contribution in [0.3, 0.4) is 0 Å². The highest BCUT2D eigenvalue weighted by atomic mass is 79.9. The van der Waals surface area contributed by atoms with Crippen LogP contribution in [0.1, 0.15) is 33.1 Å². The van der Waals surface area contributed by atoms with Gasteiger partial charge in [-0.2, -0.15) is 0 Å². The highest BCUT2D eigenvalue weighted by Gasteiger charge is 2.29. The van der Waals surface area contributed by atoms with E-state index >= 15 is 0 Å². The molecule has 5 heteroatoms. The van der Waals surface area contributed by atoms with Crippen molar-refractivity contribution in [1.29, 1.82) is 0 Å². The van der Waals surface area contributed by atoms with Crippen LogP contribution in [-0.4, -0.2) is 23.1 Å². The Morgan fingerprint density at radius 3 is 2.65 bits per heavy atom. The molecule has 0 N–H and O–H groups in total. The Labute approximate surface area is 116 Å². The molecule has 0 amide bonds. The number of rotatable bonds is 2. The summed E-state index contributed by atoms with van der Waals surface area (Å²) in [5.74, 6) is 0.920. The Balaban J connectivity index is 2.13. The molecule has 1 fully saturated rings. The van der Waals surface area contributed by atoms with Gasteiger partial charge in [-0.3, -0.25) is 0 Å². The van der Waals surface area contributed by atoms with Crippen molar-refractivity contribution in [3.63, 3.8) is 0 Å². The van der Waals surface area contributed by atoms with Crippen LogP contribution in [0.2, 0.25) is 5.15 Å². The zero-order valence-electron chi connectivity index (χ0n) is 10.2. The standard InChI is InChI=1S/C12H17BrClN3/c1-3-12(2)4-6-17(7-5-12)11-9(13)10(14)15-8-16-11/h8H,3-7H2,1-2H3. The van der Waals surface area contributed by atoms with Crippen molar-refractivity contribution < 1.29 is 0 Å². The molecule has 1 aromatic heterocycles. The molecule has 17 heavy (non-hydrogen) atoms. The maximum absolute atomic E-state index is 5.99. The normalized spacial score (nSPS) is 19.4. The lowest BCUT2D eigenvalue weighted by atomic mass is 9.78. The molecule has 0 unspecified atom stereocenters. The topological polar surface area (TPSA) is 29.0 Å². The van der Waals surface area contributed by atoms with Gasteiger partial charge in [0.1, 0.15) is 17.3 Å². The van der Waals surface area contributed by atoms with Gasteiger partial charge in [0.05, 0.1) is 4.47 Å². The van der Waals surface area contributed by atoms with Crippen LogP contribution in [0, 0.1) is 5.41 Å². The third-order valence-corrected chi connectivity index (χ3v) is 5.10. The van der Waals surface area contributed by atoms with E-state index in [2.05, 4.69) is 44.6 Å². The second-order valence-electron chi connectivity index (χ2n) is 4.95. The van der Waals surface area contributed by atoms with Gasteiger partial charge >= 0.3 is 0 Å². The molecular weight excluding hydrogens is 302 g/mol. The summed E-state index contributed by atoms with van der Waals surface area (Å²) in [6, 6.07) is 0. The van der Waals surface area contributed by atoms with E-state index in [4.69, 9.17) is 11.6 Å². The summed E-state index contributed by atoms with van der Waals surface area (Å²) in [5, 5.41) is 0.485. The zero-order valence-corrected chi connectivity index (χ0v) is 12.6. The fraction of sp³-hybridized carbons (Fsp3) is 0.667. The van der Waals surface area contributed by atoms with E-state index in [-0.39, 0.29) is 0 Å². The lowest BCUT2D eigenvalue weighted by Gasteiger charge is -2.39. The monoisotopic (exact) mass is 317 g/mol. The van der Waals surface area contributed by atoms with E-state index in [9.17, 15) is 0 Å². The molecule has 0 bridgehead atoms. The summed E-state index contributed by atoms with van der Waals surface area (Å²) in [6.45, 7) is 6.71. The molecule has 0 aliphatic carbocycles. The molecular formula is C12H17BrClN3. The van der Waals surface area contributed by atoms with Crippen LogP contribution in [0.15, 0.2) is 10.8 Å². The quantitative estimate of drug-likeness (QED) is 0.774. The Hall–Kier alpha value is -0.350. The third kappa shape index (κ3) is 2.74. The van der Waals surface area contributed by atoms with E-state index in [1.54, 1.807) is 0 Å². The number of nitrogens with zero attached hydrogens (tertiary/aromatic N) is 3. The van der Waals surface area contributed by atoms with E-state index in [0.29, 0.717) is 10.6 Å². The summed E-state index contributed by atoms with van der Waals surface area (Å²) in [4.78, 5) is 10.6. The van der Waals surface area contributed by atoms with Crippen LogP contribution < -0.4 is 4.90 Å². The first-order valence-corrected chi connectivity index (χ1v) is 7.14. The van der Waals surface area contributed by atoms with Gasteiger partial charge in [-0.1, -0.05) is 31.9 Å². The molecule has 1 aliphatic heterocycles. The highest BCUT2D eigenvalue weighted by molar-refractivity contribution is 9.10. The van der Waals surface area contributed by atoms with Gasteiger partial charge in [-0.15, -0.1) is 0 Å². The predicted molar refractivity (Wildman–Crippen MR) is 74.6 cm³/mol. The minimum atomic E-state index is 0.485. The minimum absolute atomic E-state index is 0.485. The molecule has 3 nitrogen and oxygen atoms in total. The molecule has 0 aromatic carbocycles. The van der Waals surface area contributed by atoms with Gasteiger partial charge in [-0.05, 0) is 34.2 Å². The molecule has 0 radical (unpaired) electrons. The van der Waals surface area contributed by atoms with Gasteiger partial charge in [0.2, 0.25) is 0 Å². The largest absolute Gasteiger partial charge is 0.355 e. The molecule has 0 saturated carbocycles. The summed E-state index contributed by atoms with van der Waals surface area (Å²) in [5.41, 5.74) is 0.486. The van der Waals surface area contributed by atoms with Gasteiger partial charge in [0.15, 0.2) is 0 Å². The number of hydrogen-bond donors (Lipinski definition) is 0. The molecule has 0 spiro atoms. The number of piperidine rings is 1. The van der Waals surface area contributed by atoms with Crippen molar-refractivity contribution in [2.75, 3.05) is 18.0 Å². The second kappa shape index (κ2) is 5.11. The number of aromatic nitrogens is 2. The average molecular weight is 319 g/mol. The van der Waals surface area contributed by atoms with E-state index in [0.717, 1.165) is 23.4 Å². The SMILES string of the molecule is CCC1(C)CCN(c2ncnc(Cl)c2Br)CC1. The van der Waals surface area contributed by atoms with Crippen molar-refractivity contribution >= 4 is 33.3 Å². The number of anilines is 1. The lowest BCUT2D eigenvalue weighted by molar-refractivity contribution is 0.237. The maximum atomic E-state index is 5.99. The predicted octanol–water partition coefficient (Wildman–Crippen LogP) is 3.91. The average Bonchev–Trinajstić information content (AvgIpc) is 2.34. The zero-order chi connectivity index (χ0) is 12.5. The van der Waals surface area contributed by atoms with Crippen LogP contribution >= 0.6 is 27.5 Å². The van der Waals surface area contributed by atoms with Crippen LogP contribution in [0.5, 0.6) is 0 Å². The molecule has 1 saturated heterocycles. The maximum Gasteiger partial charge on any atom is 0.148 e. The van der Waals surface area contributed by atoms with Gasteiger partial charge in [0.25, 0.3) is 0 Å². The fourth-order valence-corrected chi connectivity index (χ4v) is 2.76. The van der Waals surface area contributed by atoms with Crippen molar-refractivity contribution in [3.05, 3.63) is 16.0 Å². The number of halogens is 2. The Morgan fingerprint density at radius 1 is 1.41 bits per heavy atom. The Kier molecular flexibility index (Phi) is 3.93. The molecule has 94 valence electrons. The first-order chi connectivity index (χ1) is 8.06. The van der Waals surface area contributed by atoms with Crippen molar-refractivity contribution in [1.82, 2.24) is 9.97 Å². The second-order valence-corrected chi connectivity index (χ2v) is 6.10. The molecule has 0 atom stereocenters. The third-order valence-electron chi connectivity index (χ3n) is 3.85. The first-order valence-electron chi connectivity index (χ1n) is 5.97. The number of hydrogen-bond acceptors (Lipinski definition) is 3.